The number of ether oxygens (including phenoxy) is 1. The van der Waals surface area contributed by atoms with Gasteiger partial charge in [0.25, 0.3) is 0 Å². The van der Waals surface area contributed by atoms with E-state index in [0.29, 0.717) is 31.8 Å². The molecule has 0 radical (unpaired) electrons. The highest BCUT2D eigenvalue weighted by atomic mass is 16.5. The maximum absolute atomic E-state index is 12.6. The zero-order valence-electron chi connectivity index (χ0n) is 16.2. The summed E-state index contributed by atoms with van der Waals surface area (Å²) in [7, 11) is 1.62. The van der Waals surface area contributed by atoms with E-state index < -0.39 is 0 Å². The Balaban J connectivity index is 1.43. The minimum Gasteiger partial charge on any atom is -0.496 e. The SMILES string of the molecule is COc1ccccc1CC(=O)N1CCC(NC(=O)C[C@@H]2CCC[C@H]2N)CC1. The number of para-hydroxylation sites is 1. The van der Waals surface area contributed by atoms with E-state index in [0.717, 1.165) is 43.4 Å². The summed E-state index contributed by atoms with van der Waals surface area (Å²) in [4.78, 5) is 26.8. The van der Waals surface area contributed by atoms with Gasteiger partial charge in [-0.2, -0.15) is 0 Å². The van der Waals surface area contributed by atoms with Gasteiger partial charge in [-0.15, -0.1) is 0 Å². The van der Waals surface area contributed by atoms with E-state index in [4.69, 9.17) is 10.5 Å². The number of benzene rings is 1. The smallest absolute Gasteiger partial charge is 0.227 e. The van der Waals surface area contributed by atoms with E-state index in [9.17, 15) is 9.59 Å². The summed E-state index contributed by atoms with van der Waals surface area (Å²) in [6, 6.07) is 7.95. The lowest BCUT2D eigenvalue weighted by atomic mass is 9.98. The van der Waals surface area contributed by atoms with Crippen molar-refractivity contribution in [3.05, 3.63) is 29.8 Å². The number of hydrogen-bond acceptors (Lipinski definition) is 4. The van der Waals surface area contributed by atoms with Crippen LogP contribution in [0, 0.1) is 5.92 Å². The maximum atomic E-state index is 12.6. The van der Waals surface area contributed by atoms with Crippen LogP contribution < -0.4 is 15.8 Å². The van der Waals surface area contributed by atoms with Crippen molar-refractivity contribution < 1.29 is 14.3 Å². The van der Waals surface area contributed by atoms with Gasteiger partial charge in [0, 0.05) is 37.2 Å². The molecular formula is C21H31N3O3. The Hall–Kier alpha value is -2.08. The van der Waals surface area contributed by atoms with Crippen LogP contribution >= 0.6 is 0 Å². The second kappa shape index (κ2) is 9.22. The van der Waals surface area contributed by atoms with Crippen LogP contribution in [0.4, 0.5) is 0 Å². The van der Waals surface area contributed by atoms with E-state index in [2.05, 4.69) is 5.32 Å². The third-order valence-electron chi connectivity index (χ3n) is 5.91. The van der Waals surface area contributed by atoms with Crippen molar-refractivity contribution in [2.24, 2.45) is 11.7 Å². The van der Waals surface area contributed by atoms with Crippen molar-refractivity contribution in [2.45, 2.75) is 57.0 Å². The van der Waals surface area contributed by atoms with Gasteiger partial charge in [0.05, 0.1) is 13.5 Å². The van der Waals surface area contributed by atoms with Crippen LogP contribution in [-0.4, -0.2) is 49.0 Å². The second-order valence-corrected chi connectivity index (χ2v) is 7.77. The molecule has 27 heavy (non-hydrogen) atoms. The molecule has 2 fully saturated rings. The Labute approximate surface area is 161 Å². The molecule has 0 spiro atoms. The van der Waals surface area contributed by atoms with Crippen molar-refractivity contribution in [1.29, 1.82) is 0 Å². The summed E-state index contributed by atoms with van der Waals surface area (Å²) in [6.07, 6.45) is 5.72. The van der Waals surface area contributed by atoms with Crippen LogP contribution in [0.2, 0.25) is 0 Å². The van der Waals surface area contributed by atoms with Crippen LogP contribution in [0.5, 0.6) is 5.75 Å². The monoisotopic (exact) mass is 373 g/mol. The fourth-order valence-electron chi connectivity index (χ4n) is 4.24. The highest BCUT2D eigenvalue weighted by molar-refractivity contribution is 5.80. The van der Waals surface area contributed by atoms with Crippen LogP contribution in [0.15, 0.2) is 24.3 Å². The van der Waals surface area contributed by atoms with Gasteiger partial charge in [-0.25, -0.2) is 0 Å². The van der Waals surface area contributed by atoms with Gasteiger partial charge in [-0.3, -0.25) is 9.59 Å². The molecule has 0 bridgehead atoms. The molecule has 1 saturated carbocycles. The second-order valence-electron chi connectivity index (χ2n) is 7.77. The van der Waals surface area contributed by atoms with Gasteiger partial charge < -0.3 is 20.7 Å². The first-order valence-electron chi connectivity index (χ1n) is 10.0. The molecule has 2 amide bonds. The molecule has 6 nitrogen and oxygen atoms in total. The van der Waals surface area contributed by atoms with Crippen LogP contribution in [0.25, 0.3) is 0 Å². The van der Waals surface area contributed by atoms with E-state index >= 15 is 0 Å². The Kier molecular flexibility index (Phi) is 6.72. The molecule has 2 aliphatic rings. The van der Waals surface area contributed by atoms with Gasteiger partial charge in [0.1, 0.15) is 5.75 Å². The molecule has 1 aliphatic heterocycles. The first kappa shape index (κ1) is 19.7. The Bertz CT molecular complexity index is 656. The summed E-state index contributed by atoms with van der Waals surface area (Å²) in [5.74, 6) is 1.29. The average Bonchev–Trinajstić information content (AvgIpc) is 3.07. The number of nitrogens with one attached hydrogen (secondary N) is 1. The summed E-state index contributed by atoms with van der Waals surface area (Å²) < 4.78 is 5.33. The van der Waals surface area contributed by atoms with E-state index in [1.54, 1.807) is 7.11 Å². The normalized spacial score (nSPS) is 23.3. The number of piperidine rings is 1. The van der Waals surface area contributed by atoms with E-state index in [1.165, 1.54) is 0 Å². The molecule has 1 heterocycles. The number of rotatable bonds is 6. The Morgan fingerprint density at radius 1 is 1.19 bits per heavy atom. The third-order valence-corrected chi connectivity index (χ3v) is 5.91. The number of hydrogen-bond donors (Lipinski definition) is 2. The van der Waals surface area contributed by atoms with Crippen LogP contribution in [0.1, 0.15) is 44.1 Å². The molecule has 1 aromatic carbocycles. The predicted molar refractivity (Wildman–Crippen MR) is 104 cm³/mol. The molecule has 1 saturated heterocycles. The van der Waals surface area contributed by atoms with E-state index in [1.807, 2.05) is 29.2 Å². The topological polar surface area (TPSA) is 84.7 Å². The molecule has 3 N–H and O–H groups in total. The molecule has 0 unspecified atom stereocenters. The fraction of sp³-hybridized carbons (Fsp3) is 0.619. The quantitative estimate of drug-likeness (QED) is 0.797. The van der Waals surface area contributed by atoms with Gasteiger partial charge in [0.2, 0.25) is 11.8 Å². The number of methoxy groups -OCH3 is 1. The maximum Gasteiger partial charge on any atom is 0.227 e. The first-order valence-corrected chi connectivity index (χ1v) is 10.0. The standard InChI is InChI=1S/C21H31N3O3/c1-27-19-8-3-2-5-16(19)14-21(26)24-11-9-17(10-12-24)23-20(25)13-15-6-4-7-18(15)22/h2-3,5,8,15,17-18H,4,6-7,9-14,22H2,1H3,(H,23,25)/t15-,18+/m0/s1. The zero-order chi connectivity index (χ0) is 19.2. The lowest BCUT2D eigenvalue weighted by Gasteiger charge is -2.33. The summed E-state index contributed by atoms with van der Waals surface area (Å²) in [5.41, 5.74) is 6.97. The number of carbonyl (C=O) groups is 2. The summed E-state index contributed by atoms with van der Waals surface area (Å²) in [5, 5.41) is 3.14. The van der Waals surface area contributed by atoms with Gasteiger partial charge in [-0.1, -0.05) is 24.6 Å². The minimum atomic E-state index is 0.108. The van der Waals surface area contributed by atoms with Gasteiger partial charge in [-0.05, 0) is 37.7 Å². The number of nitrogens with two attached hydrogens (primary N) is 1. The van der Waals surface area contributed by atoms with Crippen LogP contribution in [-0.2, 0) is 16.0 Å². The highest BCUT2D eigenvalue weighted by Gasteiger charge is 2.28. The van der Waals surface area contributed by atoms with Crippen molar-refractivity contribution in [1.82, 2.24) is 10.2 Å². The molecule has 1 aromatic rings. The number of nitrogens with zero attached hydrogens (tertiary/aromatic N) is 1. The molecular weight excluding hydrogens is 342 g/mol. The molecule has 0 aromatic heterocycles. The van der Waals surface area contributed by atoms with Crippen molar-refractivity contribution in [3.63, 3.8) is 0 Å². The third kappa shape index (κ3) is 5.22. The summed E-state index contributed by atoms with van der Waals surface area (Å²) >= 11 is 0. The van der Waals surface area contributed by atoms with E-state index in [-0.39, 0.29) is 23.9 Å². The van der Waals surface area contributed by atoms with Crippen molar-refractivity contribution in [2.75, 3.05) is 20.2 Å². The molecule has 2 atom stereocenters. The fourth-order valence-corrected chi connectivity index (χ4v) is 4.24. The first-order chi connectivity index (χ1) is 13.1. The lowest BCUT2D eigenvalue weighted by Crippen LogP contribution is -2.47. The predicted octanol–water partition coefficient (Wildman–Crippen LogP) is 1.86. The number of carbonyl (C=O) groups excluding carboxylic acids is 2. The van der Waals surface area contributed by atoms with Crippen LogP contribution in [0.3, 0.4) is 0 Å². The Morgan fingerprint density at radius 2 is 1.93 bits per heavy atom. The lowest BCUT2D eigenvalue weighted by molar-refractivity contribution is -0.131. The van der Waals surface area contributed by atoms with Gasteiger partial charge in [0.15, 0.2) is 0 Å². The van der Waals surface area contributed by atoms with Gasteiger partial charge >= 0.3 is 0 Å². The molecule has 6 heteroatoms. The average molecular weight is 373 g/mol. The van der Waals surface area contributed by atoms with Crippen molar-refractivity contribution >= 4 is 11.8 Å². The Morgan fingerprint density at radius 3 is 2.59 bits per heavy atom. The minimum absolute atomic E-state index is 0.108. The largest absolute Gasteiger partial charge is 0.496 e. The number of amides is 2. The molecule has 1 aliphatic carbocycles. The highest BCUT2D eigenvalue weighted by Crippen LogP contribution is 2.27. The molecule has 148 valence electrons. The van der Waals surface area contributed by atoms with Crippen molar-refractivity contribution in [3.8, 4) is 5.75 Å². The molecule has 3 rings (SSSR count). The zero-order valence-corrected chi connectivity index (χ0v) is 16.2. The summed E-state index contributed by atoms with van der Waals surface area (Å²) in [6.45, 7) is 1.36. The number of likely N-dealkylation sites (tertiary alicyclic amines) is 1.